The predicted octanol–water partition coefficient (Wildman–Crippen LogP) is 2.52. The maximum Gasteiger partial charge on any atom is 0.408 e. The second-order valence-electron chi connectivity index (χ2n) is 6.11. The molecule has 0 bridgehead atoms. The molecule has 0 heterocycles. The van der Waals surface area contributed by atoms with Gasteiger partial charge >= 0.3 is 6.09 Å². The molecule has 0 fully saturated rings. The van der Waals surface area contributed by atoms with E-state index in [2.05, 4.69) is 10.6 Å². The molecular formula is C20H22ClN3O4. The van der Waals surface area contributed by atoms with Crippen LogP contribution in [0.5, 0.6) is 0 Å². The Morgan fingerprint density at radius 1 is 1.04 bits per heavy atom. The van der Waals surface area contributed by atoms with Crippen molar-refractivity contribution in [3.05, 3.63) is 70.7 Å². The number of primary amides is 1. The van der Waals surface area contributed by atoms with E-state index < -0.39 is 23.9 Å². The van der Waals surface area contributed by atoms with E-state index in [4.69, 9.17) is 22.1 Å². The summed E-state index contributed by atoms with van der Waals surface area (Å²) in [5.41, 5.74) is 6.78. The summed E-state index contributed by atoms with van der Waals surface area (Å²) in [6.45, 7) is 0.298. The highest BCUT2D eigenvalue weighted by molar-refractivity contribution is 6.30. The van der Waals surface area contributed by atoms with E-state index >= 15 is 0 Å². The molecule has 0 saturated carbocycles. The molecule has 0 aliphatic heterocycles. The van der Waals surface area contributed by atoms with Gasteiger partial charge in [-0.2, -0.15) is 0 Å². The number of nitrogens with one attached hydrogen (secondary N) is 2. The average Bonchev–Trinajstić information content (AvgIpc) is 2.68. The Kier molecular flexibility index (Phi) is 8.30. The SMILES string of the molecule is NC(=O)CC[C@H](NC(=O)OCc1ccccc1)C(=O)NCc1cccc(Cl)c1. The summed E-state index contributed by atoms with van der Waals surface area (Å²) >= 11 is 5.92. The summed E-state index contributed by atoms with van der Waals surface area (Å²) in [6, 6.07) is 15.2. The summed E-state index contributed by atoms with van der Waals surface area (Å²) in [7, 11) is 0. The molecular weight excluding hydrogens is 382 g/mol. The van der Waals surface area contributed by atoms with E-state index in [1.807, 2.05) is 36.4 Å². The number of amides is 3. The second-order valence-corrected chi connectivity index (χ2v) is 6.55. The van der Waals surface area contributed by atoms with Gasteiger partial charge in [-0.25, -0.2) is 4.79 Å². The molecule has 0 spiro atoms. The molecule has 0 radical (unpaired) electrons. The van der Waals surface area contributed by atoms with Gasteiger partial charge < -0.3 is 21.1 Å². The maximum atomic E-state index is 12.5. The van der Waals surface area contributed by atoms with Crippen LogP contribution in [0, 0.1) is 0 Å². The Balaban J connectivity index is 1.90. The van der Waals surface area contributed by atoms with Crippen molar-refractivity contribution in [1.29, 1.82) is 0 Å². The van der Waals surface area contributed by atoms with Gasteiger partial charge in [0.2, 0.25) is 11.8 Å². The van der Waals surface area contributed by atoms with Gasteiger partial charge in [-0.1, -0.05) is 54.1 Å². The van der Waals surface area contributed by atoms with E-state index in [0.29, 0.717) is 5.02 Å². The summed E-state index contributed by atoms with van der Waals surface area (Å²) in [6.07, 6.45) is -0.734. The highest BCUT2D eigenvalue weighted by atomic mass is 35.5. The van der Waals surface area contributed by atoms with Gasteiger partial charge in [0, 0.05) is 18.0 Å². The summed E-state index contributed by atoms with van der Waals surface area (Å²) in [4.78, 5) is 35.6. The number of halogens is 1. The minimum absolute atomic E-state index is 0.0474. The fourth-order valence-electron chi connectivity index (χ4n) is 2.42. The van der Waals surface area contributed by atoms with Crippen molar-refractivity contribution in [3.63, 3.8) is 0 Å². The molecule has 28 heavy (non-hydrogen) atoms. The van der Waals surface area contributed by atoms with Crippen LogP contribution in [-0.2, 0) is 27.5 Å². The lowest BCUT2D eigenvalue weighted by atomic mass is 10.1. The van der Waals surface area contributed by atoms with Gasteiger partial charge in [0.15, 0.2) is 0 Å². The molecule has 0 saturated heterocycles. The number of hydrogen-bond donors (Lipinski definition) is 3. The highest BCUT2D eigenvalue weighted by Crippen LogP contribution is 2.10. The van der Waals surface area contributed by atoms with Crippen molar-refractivity contribution in [2.45, 2.75) is 32.0 Å². The Morgan fingerprint density at radius 2 is 1.75 bits per heavy atom. The number of nitrogens with two attached hydrogens (primary N) is 1. The zero-order chi connectivity index (χ0) is 20.4. The number of alkyl carbamates (subject to hydrolysis) is 1. The number of benzene rings is 2. The Labute approximate surface area is 168 Å². The first-order chi connectivity index (χ1) is 13.4. The molecule has 8 heteroatoms. The Morgan fingerprint density at radius 3 is 2.43 bits per heavy atom. The molecule has 2 rings (SSSR count). The molecule has 2 aromatic carbocycles. The van der Waals surface area contributed by atoms with Crippen LogP contribution in [0.4, 0.5) is 4.79 Å². The third kappa shape index (κ3) is 7.67. The van der Waals surface area contributed by atoms with Gasteiger partial charge in [0.25, 0.3) is 0 Å². The van der Waals surface area contributed by atoms with Gasteiger partial charge in [-0.3, -0.25) is 9.59 Å². The van der Waals surface area contributed by atoms with Crippen molar-refractivity contribution in [2.24, 2.45) is 5.73 Å². The van der Waals surface area contributed by atoms with E-state index in [0.717, 1.165) is 11.1 Å². The maximum absolute atomic E-state index is 12.5. The minimum Gasteiger partial charge on any atom is -0.445 e. The quantitative estimate of drug-likeness (QED) is 0.597. The molecule has 3 amide bonds. The zero-order valence-electron chi connectivity index (χ0n) is 15.2. The van der Waals surface area contributed by atoms with Crippen LogP contribution in [0.2, 0.25) is 5.02 Å². The molecule has 7 nitrogen and oxygen atoms in total. The van der Waals surface area contributed by atoms with Crippen molar-refractivity contribution < 1.29 is 19.1 Å². The van der Waals surface area contributed by atoms with Gasteiger partial charge in [0.1, 0.15) is 12.6 Å². The molecule has 0 unspecified atom stereocenters. The Hall–Kier alpha value is -3.06. The van der Waals surface area contributed by atoms with Crippen molar-refractivity contribution in [3.8, 4) is 0 Å². The summed E-state index contributed by atoms with van der Waals surface area (Å²) < 4.78 is 5.13. The normalized spacial score (nSPS) is 11.3. The first kappa shape index (κ1) is 21.2. The van der Waals surface area contributed by atoms with E-state index in [1.165, 1.54) is 0 Å². The fraction of sp³-hybridized carbons (Fsp3) is 0.250. The van der Waals surface area contributed by atoms with Crippen molar-refractivity contribution in [1.82, 2.24) is 10.6 Å². The summed E-state index contributed by atoms with van der Waals surface area (Å²) in [5, 5.41) is 5.75. The molecule has 0 aromatic heterocycles. The first-order valence-corrected chi connectivity index (χ1v) is 9.09. The van der Waals surface area contributed by atoms with Crippen LogP contribution >= 0.6 is 11.6 Å². The molecule has 0 aliphatic carbocycles. The van der Waals surface area contributed by atoms with Crippen LogP contribution in [0.3, 0.4) is 0 Å². The van der Waals surface area contributed by atoms with Crippen LogP contribution in [0.1, 0.15) is 24.0 Å². The third-order valence-corrected chi connectivity index (χ3v) is 4.09. The largest absolute Gasteiger partial charge is 0.445 e. The smallest absolute Gasteiger partial charge is 0.408 e. The van der Waals surface area contributed by atoms with E-state index in [-0.39, 0.29) is 26.0 Å². The van der Waals surface area contributed by atoms with Crippen molar-refractivity contribution in [2.75, 3.05) is 0 Å². The fourth-order valence-corrected chi connectivity index (χ4v) is 2.63. The number of carbonyl (C=O) groups excluding carboxylic acids is 3. The molecule has 4 N–H and O–H groups in total. The highest BCUT2D eigenvalue weighted by Gasteiger charge is 2.22. The van der Waals surface area contributed by atoms with Gasteiger partial charge in [0.05, 0.1) is 0 Å². The van der Waals surface area contributed by atoms with E-state index in [9.17, 15) is 14.4 Å². The van der Waals surface area contributed by atoms with Gasteiger partial charge in [-0.15, -0.1) is 0 Å². The number of ether oxygens (including phenoxy) is 1. The first-order valence-electron chi connectivity index (χ1n) is 8.71. The van der Waals surface area contributed by atoms with Crippen molar-refractivity contribution >= 4 is 29.5 Å². The zero-order valence-corrected chi connectivity index (χ0v) is 15.9. The van der Waals surface area contributed by atoms with Crippen LogP contribution in [0.15, 0.2) is 54.6 Å². The number of hydrogen-bond acceptors (Lipinski definition) is 4. The Bertz CT molecular complexity index is 814. The molecule has 2 aromatic rings. The lowest BCUT2D eigenvalue weighted by Crippen LogP contribution is -2.47. The van der Waals surface area contributed by atoms with E-state index in [1.54, 1.807) is 18.2 Å². The number of rotatable bonds is 9. The predicted molar refractivity (Wildman–Crippen MR) is 105 cm³/mol. The van der Waals surface area contributed by atoms with Crippen LogP contribution in [0.25, 0.3) is 0 Å². The minimum atomic E-state index is -0.949. The lowest BCUT2D eigenvalue weighted by molar-refractivity contribution is -0.123. The topological polar surface area (TPSA) is 111 Å². The van der Waals surface area contributed by atoms with Crippen LogP contribution < -0.4 is 16.4 Å². The molecule has 0 aliphatic rings. The molecule has 148 valence electrons. The van der Waals surface area contributed by atoms with Gasteiger partial charge in [-0.05, 0) is 29.7 Å². The average molecular weight is 404 g/mol. The second kappa shape index (κ2) is 10.9. The number of carbonyl (C=O) groups is 3. The lowest BCUT2D eigenvalue weighted by Gasteiger charge is -2.18. The third-order valence-electron chi connectivity index (χ3n) is 3.86. The molecule has 1 atom stereocenters. The monoisotopic (exact) mass is 403 g/mol. The van der Waals surface area contributed by atoms with Crippen LogP contribution in [-0.4, -0.2) is 23.9 Å². The summed E-state index contributed by atoms with van der Waals surface area (Å²) in [5.74, 6) is -1.01. The standard InChI is InChI=1S/C20H22ClN3O4/c21-16-8-4-7-15(11-16)12-23-19(26)17(9-10-18(22)25)24-20(27)28-13-14-5-2-1-3-6-14/h1-8,11,17H,9-10,12-13H2,(H2,22,25)(H,23,26)(H,24,27)/t17-/m0/s1.